The molecule has 0 bridgehead atoms. The van der Waals surface area contributed by atoms with Crippen LogP contribution in [0.4, 0.5) is 0 Å². The van der Waals surface area contributed by atoms with Crippen LogP contribution in [0.2, 0.25) is 0 Å². The van der Waals surface area contributed by atoms with Crippen LogP contribution in [0.15, 0.2) is 42.5 Å². The van der Waals surface area contributed by atoms with Crippen LogP contribution in [0.1, 0.15) is 19.4 Å². The van der Waals surface area contributed by atoms with Crippen LogP contribution in [0.3, 0.4) is 0 Å². The maximum atomic E-state index is 5.77. The Balaban J connectivity index is 2.07. The second-order valence-electron chi connectivity index (χ2n) is 5.15. The minimum Gasteiger partial charge on any atom is -0.329 e. The van der Waals surface area contributed by atoms with E-state index in [1.54, 1.807) is 0 Å². The molecule has 0 saturated carbocycles. The van der Waals surface area contributed by atoms with Crippen molar-refractivity contribution in [3.8, 4) is 0 Å². The Bertz CT molecular complexity index is 505. The molecule has 1 unspecified atom stereocenters. The van der Waals surface area contributed by atoms with Gasteiger partial charge < -0.3 is 11.1 Å². The van der Waals surface area contributed by atoms with Gasteiger partial charge in [-0.1, -0.05) is 50.2 Å². The van der Waals surface area contributed by atoms with Crippen LogP contribution in [0, 0.1) is 5.92 Å². The van der Waals surface area contributed by atoms with Crippen molar-refractivity contribution in [1.29, 1.82) is 0 Å². The molecule has 2 aromatic rings. The Morgan fingerprint density at radius 1 is 1.06 bits per heavy atom. The lowest BCUT2D eigenvalue weighted by atomic mass is 10.0. The summed E-state index contributed by atoms with van der Waals surface area (Å²) in [6.07, 6.45) is 0. The third kappa shape index (κ3) is 3.09. The van der Waals surface area contributed by atoms with Crippen LogP contribution in [-0.2, 0) is 6.54 Å². The van der Waals surface area contributed by atoms with Gasteiger partial charge in [-0.25, -0.2) is 0 Å². The van der Waals surface area contributed by atoms with Gasteiger partial charge in [0.2, 0.25) is 0 Å². The lowest BCUT2D eigenvalue weighted by Gasteiger charge is -2.20. The van der Waals surface area contributed by atoms with E-state index in [2.05, 4.69) is 61.6 Å². The van der Waals surface area contributed by atoms with Crippen LogP contribution in [0.25, 0.3) is 10.8 Å². The number of benzene rings is 2. The number of fused-ring (bicyclic) bond motifs is 1. The molecule has 0 aliphatic carbocycles. The molecule has 2 rings (SSSR count). The fourth-order valence-electron chi connectivity index (χ4n) is 2.19. The zero-order valence-corrected chi connectivity index (χ0v) is 11.2. The van der Waals surface area contributed by atoms with E-state index < -0.39 is 0 Å². The van der Waals surface area contributed by atoms with Crippen molar-refractivity contribution in [1.82, 2.24) is 5.32 Å². The first-order chi connectivity index (χ1) is 8.70. The van der Waals surface area contributed by atoms with Gasteiger partial charge >= 0.3 is 0 Å². The second-order valence-corrected chi connectivity index (χ2v) is 5.15. The third-order valence-electron chi connectivity index (χ3n) is 3.44. The predicted octanol–water partition coefficient (Wildman–Crippen LogP) is 2.91. The van der Waals surface area contributed by atoms with Crippen molar-refractivity contribution >= 4 is 10.8 Å². The Morgan fingerprint density at radius 3 is 2.44 bits per heavy atom. The van der Waals surface area contributed by atoms with Crippen LogP contribution in [-0.4, -0.2) is 12.6 Å². The number of nitrogens with two attached hydrogens (primary N) is 1. The van der Waals surface area contributed by atoms with Gasteiger partial charge in [0.15, 0.2) is 0 Å². The quantitative estimate of drug-likeness (QED) is 0.846. The van der Waals surface area contributed by atoms with Crippen molar-refractivity contribution < 1.29 is 0 Å². The fourth-order valence-corrected chi connectivity index (χ4v) is 2.19. The van der Waals surface area contributed by atoms with E-state index in [0.29, 0.717) is 18.5 Å². The normalized spacial score (nSPS) is 13.1. The molecule has 0 aromatic heterocycles. The summed E-state index contributed by atoms with van der Waals surface area (Å²) in [4.78, 5) is 0. The van der Waals surface area contributed by atoms with Crippen LogP contribution >= 0.6 is 0 Å². The summed E-state index contributed by atoms with van der Waals surface area (Å²) in [6, 6.07) is 15.4. The Morgan fingerprint density at radius 2 is 1.78 bits per heavy atom. The molecule has 0 fully saturated rings. The molecule has 0 heterocycles. The fraction of sp³-hybridized carbons (Fsp3) is 0.375. The molecule has 2 aromatic carbocycles. The lowest BCUT2D eigenvalue weighted by molar-refractivity contribution is 0.405. The predicted molar refractivity (Wildman–Crippen MR) is 78.5 cm³/mol. The molecule has 0 amide bonds. The molecule has 0 radical (unpaired) electrons. The highest BCUT2D eigenvalue weighted by Gasteiger charge is 2.10. The minimum atomic E-state index is 0.386. The van der Waals surface area contributed by atoms with Crippen molar-refractivity contribution in [3.63, 3.8) is 0 Å². The molecule has 3 N–H and O–H groups in total. The number of hydrogen-bond acceptors (Lipinski definition) is 2. The zero-order chi connectivity index (χ0) is 13.0. The molecule has 0 spiro atoms. The molecule has 2 nitrogen and oxygen atoms in total. The van der Waals surface area contributed by atoms with Gasteiger partial charge in [-0.05, 0) is 28.3 Å². The van der Waals surface area contributed by atoms with Gasteiger partial charge in [0.05, 0.1) is 0 Å². The summed E-state index contributed by atoms with van der Waals surface area (Å²) in [7, 11) is 0. The molecule has 96 valence electrons. The molecule has 0 aliphatic rings. The molecule has 2 heteroatoms. The van der Waals surface area contributed by atoms with Gasteiger partial charge in [-0.15, -0.1) is 0 Å². The van der Waals surface area contributed by atoms with E-state index in [-0.39, 0.29) is 0 Å². The van der Waals surface area contributed by atoms with Crippen molar-refractivity contribution in [3.05, 3.63) is 48.0 Å². The lowest BCUT2D eigenvalue weighted by Crippen LogP contribution is -2.39. The smallest absolute Gasteiger partial charge is 0.0216 e. The summed E-state index contributed by atoms with van der Waals surface area (Å²) in [5.41, 5.74) is 7.08. The summed E-state index contributed by atoms with van der Waals surface area (Å²) >= 11 is 0. The van der Waals surface area contributed by atoms with Gasteiger partial charge in [0, 0.05) is 19.1 Å². The van der Waals surface area contributed by atoms with E-state index >= 15 is 0 Å². The van der Waals surface area contributed by atoms with Gasteiger partial charge in [-0.2, -0.15) is 0 Å². The minimum absolute atomic E-state index is 0.386. The Hall–Kier alpha value is -1.38. The first kappa shape index (κ1) is 13.1. The molecular formula is C16H22N2. The van der Waals surface area contributed by atoms with Crippen molar-refractivity contribution in [2.24, 2.45) is 11.7 Å². The van der Waals surface area contributed by atoms with Crippen LogP contribution < -0.4 is 11.1 Å². The highest BCUT2D eigenvalue weighted by atomic mass is 14.9. The molecular weight excluding hydrogens is 220 g/mol. The largest absolute Gasteiger partial charge is 0.329 e. The summed E-state index contributed by atoms with van der Waals surface area (Å²) < 4.78 is 0. The topological polar surface area (TPSA) is 38.0 Å². The van der Waals surface area contributed by atoms with E-state index in [1.165, 1.54) is 16.3 Å². The van der Waals surface area contributed by atoms with Gasteiger partial charge in [0.25, 0.3) is 0 Å². The van der Waals surface area contributed by atoms with E-state index in [9.17, 15) is 0 Å². The first-order valence-corrected chi connectivity index (χ1v) is 6.62. The first-order valence-electron chi connectivity index (χ1n) is 6.62. The standard InChI is InChI=1S/C16H22N2/c1-12(2)16(10-17)18-11-13-7-8-14-5-3-4-6-15(14)9-13/h3-9,12,16,18H,10-11,17H2,1-2H3. The second kappa shape index (κ2) is 5.98. The van der Waals surface area contributed by atoms with Crippen molar-refractivity contribution in [2.45, 2.75) is 26.4 Å². The average molecular weight is 242 g/mol. The summed E-state index contributed by atoms with van der Waals surface area (Å²) in [6.45, 7) is 5.96. The average Bonchev–Trinajstić information content (AvgIpc) is 2.39. The van der Waals surface area contributed by atoms with E-state index in [0.717, 1.165) is 6.54 Å². The number of rotatable bonds is 5. The SMILES string of the molecule is CC(C)C(CN)NCc1ccc2ccccc2c1. The maximum absolute atomic E-state index is 5.77. The van der Waals surface area contributed by atoms with E-state index in [4.69, 9.17) is 5.73 Å². The molecule has 18 heavy (non-hydrogen) atoms. The number of hydrogen-bond donors (Lipinski definition) is 2. The molecule has 1 atom stereocenters. The molecule has 0 aliphatic heterocycles. The zero-order valence-electron chi connectivity index (χ0n) is 11.2. The van der Waals surface area contributed by atoms with Crippen molar-refractivity contribution in [2.75, 3.05) is 6.54 Å². The summed E-state index contributed by atoms with van der Waals surface area (Å²) in [5, 5.41) is 6.11. The maximum Gasteiger partial charge on any atom is 0.0216 e. The highest BCUT2D eigenvalue weighted by Crippen LogP contribution is 2.15. The Kier molecular flexibility index (Phi) is 4.34. The van der Waals surface area contributed by atoms with Gasteiger partial charge in [-0.3, -0.25) is 0 Å². The number of nitrogens with one attached hydrogen (secondary N) is 1. The van der Waals surface area contributed by atoms with Crippen LogP contribution in [0.5, 0.6) is 0 Å². The summed E-state index contributed by atoms with van der Waals surface area (Å²) in [5.74, 6) is 0.565. The van der Waals surface area contributed by atoms with E-state index in [1.807, 2.05) is 0 Å². The Labute approximate surface area is 109 Å². The monoisotopic (exact) mass is 242 g/mol. The highest BCUT2D eigenvalue weighted by molar-refractivity contribution is 5.82. The third-order valence-corrected chi connectivity index (χ3v) is 3.44. The molecule has 0 saturated heterocycles. The van der Waals surface area contributed by atoms with Gasteiger partial charge in [0.1, 0.15) is 0 Å².